The average molecular weight is 794 g/mol. The molecule has 8 aromatic carbocycles. The van der Waals surface area contributed by atoms with E-state index in [1.54, 1.807) is 0 Å². The van der Waals surface area contributed by atoms with Crippen LogP contribution >= 0.6 is 0 Å². The van der Waals surface area contributed by atoms with Gasteiger partial charge in [-0.3, -0.25) is 0 Å². The van der Waals surface area contributed by atoms with Crippen molar-refractivity contribution in [2.24, 2.45) is 0 Å². The molecule has 0 atom stereocenters. The lowest BCUT2D eigenvalue weighted by molar-refractivity contribution is 1.17. The van der Waals surface area contributed by atoms with Gasteiger partial charge in [0, 0.05) is 38.6 Å². The Morgan fingerprint density at radius 3 is 1.56 bits per heavy atom. The Morgan fingerprint density at radius 2 is 0.952 bits per heavy atom. The molecule has 0 radical (unpaired) electrons. The van der Waals surface area contributed by atoms with Crippen molar-refractivity contribution in [2.45, 2.75) is 20.8 Å². The Morgan fingerprint density at radius 1 is 0.419 bits per heavy atom. The van der Waals surface area contributed by atoms with Gasteiger partial charge >= 0.3 is 0 Å². The second-order valence-corrected chi connectivity index (χ2v) is 15.9. The predicted octanol–water partition coefficient (Wildman–Crippen LogP) is 14.2. The number of fused-ring (bicyclic) bond motifs is 3. The van der Waals surface area contributed by atoms with Gasteiger partial charge in [0.25, 0.3) is 0 Å². The molecule has 0 bridgehead atoms. The average Bonchev–Trinajstić information content (AvgIpc) is 3.64. The van der Waals surface area contributed by atoms with E-state index >= 15 is 0 Å². The molecule has 0 fully saturated rings. The Kier molecular flexibility index (Phi) is 9.56. The highest BCUT2D eigenvalue weighted by Gasteiger charge is 2.24. The fourth-order valence-corrected chi connectivity index (χ4v) is 9.05. The molecule has 0 aliphatic carbocycles. The fourth-order valence-electron chi connectivity index (χ4n) is 9.05. The summed E-state index contributed by atoms with van der Waals surface area (Å²) in [6.45, 7) is 6.53. The number of aromatic nitrogens is 3. The molecule has 10 aromatic rings. The van der Waals surface area contributed by atoms with E-state index in [1.165, 1.54) is 27.8 Å². The largest absolute Gasteiger partial charge is 0.308 e. The standard InChI is InChI=1S/C57H39N5/c1-36-26-37(2)55(38(3)27-36)45-24-25-54-50(30-45)47-22-10-11-23-53(47)62(54)56-48(43-20-12-14-39(28-43)34-58)31-46(32-49(56)44-21-13-15-40(29-44)35-59)52-33-51(41-16-6-4-7-17-41)60-57(61-52)42-18-8-5-9-19-42/h4-33H,1-3H3. The van der Waals surface area contributed by atoms with E-state index in [1.807, 2.05) is 84.9 Å². The summed E-state index contributed by atoms with van der Waals surface area (Å²) in [7, 11) is 0. The smallest absolute Gasteiger partial charge is 0.160 e. The third-order valence-electron chi connectivity index (χ3n) is 11.7. The minimum Gasteiger partial charge on any atom is -0.308 e. The molecule has 0 N–H and O–H groups in total. The van der Waals surface area contributed by atoms with Crippen LogP contribution < -0.4 is 0 Å². The maximum absolute atomic E-state index is 10.2. The Labute approximate surface area is 361 Å². The minimum absolute atomic E-state index is 0.558. The van der Waals surface area contributed by atoms with E-state index in [0.717, 1.165) is 77.8 Å². The lowest BCUT2D eigenvalue weighted by Crippen LogP contribution is -2.03. The van der Waals surface area contributed by atoms with Crippen molar-refractivity contribution in [3.8, 4) is 85.1 Å². The Balaban J connectivity index is 1.33. The summed E-state index contributed by atoms with van der Waals surface area (Å²) in [6, 6.07) is 66.9. The van der Waals surface area contributed by atoms with Gasteiger partial charge in [-0.15, -0.1) is 0 Å². The second-order valence-electron chi connectivity index (χ2n) is 15.9. The highest BCUT2D eigenvalue weighted by molar-refractivity contribution is 6.12. The van der Waals surface area contributed by atoms with Crippen LogP contribution in [-0.2, 0) is 0 Å². The van der Waals surface area contributed by atoms with Crippen molar-refractivity contribution < 1.29 is 0 Å². The summed E-state index contributed by atoms with van der Waals surface area (Å²) >= 11 is 0. The Hall–Kier alpha value is -8.38. The van der Waals surface area contributed by atoms with Crippen LogP contribution in [0.4, 0.5) is 0 Å². The number of hydrogen-bond acceptors (Lipinski definition) is 4. The van der Waals surface area contributed by atoms with E-state index in [4.69, 9.17) is 9.97 Å². The van der Waals surface area contributed by atoms with E-state index in [0.29, 0.717) is 17.0 Å². The van der Waals surface area contributed by atoms with Crippen LogP contribution in [0.5, 0.6) is 0 Å². The van der Waals surface area contributed by atoms with Crippen LogP contribution in [0.3, 0.4) is 0 Å². The van der Waals surface area contributed by atoms with E-state index in [-0.39, 0.29) is 0 Å². The number of nitriles is 2. The number of nitrogens with zero attached hydrogens (tertiary/aromatic N) is 5. The van der Waals surface area contributed by atoms with Crippen LogP contribution in [0, 0.1) is 43.4 Å². The zero-order valence-electron chi connectivity index (χ0n) is 34.6. The van der Waals surface area contributed by atoms with Gasteiger partial charge in [-0.2, -0.15) is 10.5 Å². The van der Waals surface area contributed by atoms with Crippen molar-refractivity contribution >= 4 is 21.8 Å². The summed E-state index contributed by atoms with van der Waals surface area (Å²) in [6.07, 6.45) is 0. The highest BCUT2D eigenvalue weighted by Crippen LogP contribution is 2.45. The SMILES string of the molecule is Cc1cc(C)c(-c2ccc3c(c2)c2ccccc2n3-c2c(-c3cccc(C#N)c3)cc(-c3cc(-c4ccccc4)nc(-c4ccccc4)n3)cc2-c2cccc(C#N)c2)c(C)c1. The van der Waals surface area contributed by atoms with Crippen LogP contribution in [-0.4, -0.2) is 14.5 Å². The van der Waals surface area contributed by atoms with E-state index < -0.39 is 0 Å². The molecule has 0 aliphatic rings. The molecule has 0 spiro atoms. The normalized spacial score (nSPS) is 11.1. The number of para-hydroxylation sites is 1. The topological polar surface area (TPSA) is 78.3 Å². The molecule has 5 nitrogen and oxygen atoms in total. The van der Waals surface area contributed by atoms with Crippen LogP contribution in [0.25, 0.3) is 94.8 Å². The van der Waals surface area contributed by atoms with Gasteiger partial charge < -0.3 is 4.57 Å². The number of aryl methyl sites for hydroxylation is 3. The molecular formula is C57H39N5. The van der Waals surface area contributed by atoms with Crippen molar-refractivity contribution in [1.82, 2.24) is 14.5 Å². The third-order valence-corrected chi connectivity index (χ3v) is 11.7. The highest BCUT2D eigenvalue weighted by atomic mass is 15.0. The van der Waals surface area contributed by atoms with Gasteiger partial charge in [0.1, 0.15) is 0 Å². The third kappa shape index (κ3) is 6.79. The maximum Gasteiger partial charge on any atom is 0.160 e. The van der Waals surface area contributed by atoms with Crippen molar-refractivity contribution in [3.63, 3.8) is 0 Å². The summed E-state index contributed by atoms with van der Waals surface area (Å²) in [4.78, 5) is 10.4. The lowest BCUT2D eigenvalue weighted by atomic mass is 9.90. The van der Waals surface area contributed by atoms with Gasteiger partial charge in [0.15, 0.2) is 5.82 Å². The molecule has 2 aromatic heterocycles. The zero-order valence-corrected chi connectivity index (χ0v) is 34.6. The zero-order chi connectivity index (χ0) is 42.3. The van der Waals surface area contributed by atoms with Gasteiger partial charge in [0.2, 0.25) is 0 Å². The molecule has 0 saturated carbocycles. The fraction of sp³-hybridized carbons (Fsp3) is 0.0526. The van der Waals surface area contributed by atoms with Crippen molar-refractivity contribution in [2.75, 3.05) is 0 Å². The first kappa shape index (κ1) is 37.9. The Bertz CT molecular complexity index is 3300. The summed E-state index contributed by atoms with van der Waals surface area (Å²) in [5.41, 5.74) is 18.2. The van der Waals surface area contributed by atoms with Crippen LogP contribution in [0.1, 0.15) is 27.8 Å². The summed E-state index contributed by atoms with van der Waals surface area (Å²) in [5, 5.41) is 22.7. The van der Waals surface area contributed by atoms with E-state index in [9.17, 15) is 10.5 Å². The molecular weight excluding hydrogens is 755 g/mol. The molecule has 62 heavy (non-hydrogen) atoms. The quantitative estimate of drug-likeness (QED) is 0.161. The molecule has 0 amide bonds. The molecule has 0 aliphatic heterocycles. The summed E-state index contributed by atoms with van der Waals surface area (Å²) in [5.74, 6) is 0.615. The van der Waals surface area contributed by atoms with Gasteiger partial charge in [0.05, 0.1) is 51.4 Å². The first-order valence-electron chi connectivity index (χ1n) is 20.7. The lowest BCUT2D eigenvalue weighted by Gasteiger charge is -2.21. The summed E-state index contributed by atoms with van der Waals surface area (Å²) < 4.78 is 2.36. The molecule has 292 valence electrons. The maximum atomic E-state index is 10.2. The number of hydrogen-bond donors (Lipinski definition) is 0. The molecule has 0 saturated heterocycles. The van der Waals surface area contributed by atoms with E-state index in [2.05, 4.69) is 135 Å². The number of rotatable bonds is 7. The predicted molar refractivity (Wildman–Crippen MR) is 253 cm³/mol. The minimum atomic E-state index is 0.558. The van der Waals surface area contributed by atoms with Gasteiger partial charge in [-0.1, -0.05) is 127 Å². The van der Waals surface area contributed by atoms with Crippen LogP contribution in [0.2, 0.25) is 0 Å². The monoisotopic (exact) mass is 793 g/mol. The van der Waals surface area contributed by atoms with Crippen LogP contribution in [0.15, 0.2) is 182 Å². The second kappa shape index (κ2) is 15.7. The first-order valence-corrected chi connectivity index (χ1v) is 20.7. The van der Waals surface area contributed by atoms with Crippen molar-refractivity contribution in [1.29, 1.82) is 10.5 Å². The molecule has 2 heterocycles. The van der Waals surface area contributed by atoms with Gasteiger partial charge in [-0.25, -0.2) is 9.97 Å². The number of benzene rings is 8. The van der Waals surface area contributed by atoms with Gasteiger partial charge in [-0.05, 0) is 115 Å². The molecule has 0 unspecified atom stereocenters. The first-order chi connectivity index (χ1) is 30.4. The molecule has 10 rings (SSSR count). The van der Waals surface area contributed by atoms with Crippen molar-refractivity contribution in [3.05, 3.63) is 210 Å². The molecule has 5 heteroatoms.